The van der Waals surface area contributed by atoms with Crippen molar-refractivity contribution in [3.63, 3.8) is 0 Å². The van der Waals surface area contributed by atoms with Gasteiger partial charge in [-0.05, 0) is 30.4 Å². The Morgan fingerprint density at radius 1 is 1.48 bits per heavy atom. The zero-order valence-electron chi connectivity index (χ0n) is 11.3. The first-order valence-electron chi connectivity index (χ1n) is 6.37. The van der Waals surface area contributed by atoms with Crippen molar-refractivity contribution in [1.29, 1.82) is 0 Å². The van der Waals surface area contributed by atoms with E-state index in [-0.39, 0.29) is 16.4 Å². The molecule has 1 aromatic rings. The molecule has 2 N–H and O–H groups in total. The maximum Gasteiger partial charge on any atom is 0.338 e. The molecule has 1 fully saturated rings. The van der Waals surface area contributed by atoms with Crippen LogP contribution in [0.15, 0.2) is 21.5 Å². The van der Waals surface area contributed by atoms with E-state index in [4.69, 9.17) is 5.11 Å². The number of aromatic carboxylic acids is 1. The Morgan fingerprint density at radius 2 is 2.10 bits per heavy atom. The van der Waals surface area contributed by atoms with Crippen molar-refractivity contribution < 1.29 is 22.7 Å². The summed E-state index contributed by atoms with van der Waals surface area (Å²) in [5, 5.41) is 8.91. The summed E-state index contributed by atoms with van der Waals surface area (Å²) in [6.07, 6.45) is 2.88. The highest BCUT2D eigenvalue weighted by atomic mass is 79.9. The number of carboxylic acids is 1. The molecule has 0 spiro atoms. The average Bonchev–Trinajstić information content (AvgIpc) is 2.36. The minimum atomic E-state index is -4.10. The molecule has 8 heteroatoms. The molecule has 0 unspecified atom stereocenters. The molecule has 0 aromatic heterocycles. The van der Waals surface area contributed by atoms with E-state index in [9.17, 15) is 17.6 Å². The van der Waals surface area contributed by atoms with Crippen LogP contribution in [0.4, 0.5) is 4.39 Å². The van der Waals surface area contributed by atoms with Gasteiger partial charge < -0.3 is 5.11 Å². The summed E-state index contributed by atoms with van der Waals surface area (Å²) in [6.45, 7) is 2.17. The molecular formula is C13H15BrFNO4S. The largest absolute Gasteiger partial charge is 0.478 e. The van der Waals surface area contributed by atoms with Crippen LogP contribution >= 0.6 is 15.9 Å². The molecule has 2 rings (SSSR count). The van der Waals surface area contributed by atoms with Gasteiger partial charge in [0, 0.05) is 11.0 Å². The number of halogens is 2. The summed E-state index contributed by atoms with van der Waals surface area (Å²) >= 11 is 3.00. The fourth-order valence-electron chi connectivity index (χ4n) is 2.22. The number of carbonyl (C=O) groups is 1. The second-order valence-electron chi connectivity index (χ2n) is 5.56. The molecule has 0 aliphatic heterocycles. The third kappa shape index (κ3) is 3.44. The van der Waals surface area contributed by atoms with Crippen molar-refractivity contribution >= 4 is 31.9 Å². The van der Waals surface area contributed by atoms with Crippen LogP contribution in [0.2, 0.25) is 0 Å². The zero-order chi connectivity index (χ0) is 15.8. The van der Waals surface area contributed by atoms with Gasteiger partial charge in [-0.15, -0.1) is 0 Å². The quantitative estimate of drug-likeness (QED) is 0.823. The van der Waals surface area contributed by atoms with Gasteiger partial charge >= 0.3 is 5.97 Å². The minimum Gasteiger partial charge on any atom is -0.478 e. The van der Waals surface area contributed by atoms with Crippen molar-refractivity contribution in [2.24, 2.45) is 5.41 Å². The summed E-state index contributed by atoms with van der Waals surface area (Å²) in [4.78, 5) is 10.3. The van der Waals surface area contributed by atoms with Gasteiger partial charge in [-0.25, -0.2) is 22.3 Å². The highest BCUT2D eigenvalue weighted by Gasteiger charge is 2.34. The van der Waals surface area contributed by atoms with E-state index < -0.39 is 32.3 Å². The van der Waals surface area contributed by atoms with E-state index in [0.29, 0.717) is 0 Å². The summed E-state index contributed by atoms with van der Waals surface area (Å²) < 4.78 is 41.1. The number of nitrogens with one attached hydrogen (secondary N) is 1. The van der Waals surface area contributed by atoms with Gasteiger partial charge in [-0.1, -0.05) is 29.3 Å². The van der Waals surface area contributed by atoms with E-state index in [0.717, 1.165) is 31.4 Å². The zero-order valence-corrected chi connectivity index (χ0v) is 13.7. The highest BCUT2D eigenvalue weighted by molar-refractivity contribution is 9.10. The number of carboxylic acid groups (broad SMARTS) is 1. The van der Waals surface area contributed by atoms with Gasteiger partial charge in [-0.2, -0.15) is 0 Å². The van der Waals surface area contributed by atoms with Crippen LogP contribution in [0.25, 0.3) is 0 Å². The third-order valence-electron chi connectivity index (χ3n) is 3.77. The average molecular weight is 380 g/mol. The Morgan fingerprint density at radius 3 is 2.57 bits per heavy atom. The fourth-order valence-corrected chi connectivity index (χ4v) is 4.15. The number of hydrogen-bond donors (Lipinski definition) is 2. The molecule has 0 heterocycles. The van der Waals surface area contributed by atoms with Gasteiger partial charge in [0.2, 0.25) is 10.0 Å². The predicted octanol–water partition coefficient (Wildman–Crippen LogP) is 2.75. The predicted molar refractivity (Wildman–Crippen MR) is 78.2 cm³/mol. The smallest absolute Gasteiger partial charge is 0.338 e. The molecule has 0 saturated heterocycles. The van der Waals surface area contributed by atoms with Crippen LogP contribution in [0.1, 0.15) is 36.5 Å². The molecule has 5 nitrogen and oxygen atoms in total. The summed E-state index contributed by atoms with van der Waals surface area (Å²) in [5.41, 5.74) is -0.787. The van der Waals surface area contributed by atoms with E-state index in [2.05, 4.69) is 20.7 Å². The molecular weight excluding hydrogens is 365 g/mol. The van der Waals surface area contributed by atoms with Crippen LogP contribution in [0.5, 0.6) is 0 Å². The van der Waals surface area contributed by atoms with E-state index in [1.54, 1.807) is 0 Å². The lowest BCUT2D eigenvalue weighted by molar-refractivity contribution is 0.0691. The first-order valence-corrected chi connectivity index (χ1v) is 8.64. The molecule has 1 aromatic carbocycles. The highest BCUT2D eigenvalue weighted by Crippen LogP contribution is 2.39. The van der Waals surface area contributed by atoms with Gasteiger partial charge in [0.25, 0.3) is 0 Å². The first kappa shape index (κ1) is 16.4. The molecule has 1 saturated carbocycles. The Bertz CT molecular complexity index is 686. The number of rotatable bonds is 5. The second kappa shape index (κ2) is 5.66. The molecule has 0 atom stereocenters. The van der Waals surface area contributed by atoms with E-state index >= 15 is 0 Å². The SMILES string of the molecule is CC1(CNS(=O)(=O)c2cc(Br)cc(C(=O)O)c2F)CCC1. The van der Waals surface area contributed by atoms with Crippen molar-refractivity contribution in [3.8, 4) is 0 Å². The van der Waals surface area contributed by atoms with Gasteiger partial charge in [0.15, 0.2) is 5.82 Å². The topological polar surface area (TPSA) is 83.5 Å². The molecule has 0 bridgehead atoms. The number of benzene rings is 1. The van der Waals surface area contributed by atoms with E-state index in [1.807, 2.05) is 6.92 Å². The van der Waals surface area contributed by atoms with Crippen LogP contribution in [0.3, 0.4) is 0 Å². The van der Waals surface area contributed by atoms with Crippen LogP contribution in [-0.2, 0) is 10.0 Å². The maximum absolute atomic E-state index is 14.1. The standard InChI is InChI=1S/C13H15BrFNO4S/c1-13(3-2-4-13)7-16-21(19,20)10-6-8(14)5-9(11(10)15)12(17)18/h5-6,16H,2-4,7H2,1H3,(H,17,18). The molecule has 1 aliphatic rings. The lowest BCUT2D eigenvalue weighted by Gasteiger charge is -2.38. The van der Waals surface area contributed by atoms with Gasteiger partial charge in [0.1, 0.15) is 4.90 Å². The van der Waals surface area contributed by atoms with Gasteiger partial charge in [0.05, 0.1) is 5.56 Å². The summed E-state index contributed by atoms with van der Waals surface area (Å²) in [5.74, 6) is -2.77. The molecule has 0 amide bonds. The van der Waals surface area contributed by atoms with Crippen molar-refractivity contribution in [2.45, 2.75) is 31.1 Å². The van der Waals surface area contributed by atoms with Crippen LogP contribution < -0.4 is 4.72 Å². The lowest BCUT2D eigenvalue weighted by atomic mass is 9.71. The minimum absolute atomic E-state index is 0.106. The summed E-state index contributed by atoms with van der Waals surface area (Å²) in [7, 11) is -4.10. The summed E-state index contributed by atoms with van der Waals surface area (Å²) in [6, 6.07) is 2.09. The first-order chi connectivity index (χ1) is 9.65. The molecule has 21 heavy (non-hydrogen) atoms. The fraction of sp³-hybridized carbons (Fsp3) is 0.462. The van der Waals surface area contributed by atoms with Gasteiger partial charge in [-0.3, -0.25) is 0 Å². The van der Waals surface area contributed by atoms with E-state index in [1.165, 1.54) is 0 Å². The van der Waals surface area contributed by atoms with Crippen molar-refractivity contribution in [2.75, 3.05) is 6.54 Å². The third-order valence-corrected chi connectivity index (χ3v) is 5.63. The van der Waals surface area contributed by atoms with Crippen molar-refractivity contribution in [1.82, 2.24) is 4.72 Å². The number of sulfonamides is 1. The van der Waals surface area contributed by atoms with Crippen LogP contribution in [0, 0.1) is 11.2 Å². The molecule has 0 radical (unpaired) electrons. The normalized spacial score (nSPS) is 17.3. The Kier molecular flexibility index (Phi) is 4.41. The monoisotopic (exact) mass is 379 g/mol. The van der Waals surface area contributed by atoms with Crippen molar-refractivity contribution in [3.05, 3.63) is 28.0 Å². The van der Waals surface area contributed by atoms with Crippen LogP contribution in [-0.4, -0.2) is 26.0 Å². The maximum atomic E-state index is 14.1. The Balaban J connectivity index is 2.33. The lowest BCUT2D eigenvalue weighted by Crippen LogP contribution is -2.40. The molecule has 1 aliphatic carbocycles. The number of hydrogen-bond acceptors (Lipinski definition) is 3. The molecule has 116 valence electrons. The Hall–Kier alpha value is -0.990. The Labute approximate surface area is 130 Å². The second-order valence-corrected chi connectivity index (χ2v) is 8.21.